The van der Waals surface area contributed by atoms with Gasteiger partial charge in [0.05, 0.1) is 18.9 Å². The van der Waals surface area contributed by atoms with Crippen LogP contribution in [-0.2, 0) is 25.4 Å². The third-order valence-corrected chi connectivity index (χ3v) is 5.98. The number of aromatic nitrogens is 1. The highest BCUT2D eigenvalue weighted by molar-refractivity contribution is 6.31. The summed E-state index contributed by atoms with van der Waals surface area (Å²) in [7, 11) is 0. The van der Waals surface area contributed by atoms with Crippen molar-refractivity contribution in [3.05, 3.63) is 46.0 Å². The fourth-order valence-electron chi connectivity index (χ4n) is 3.82. The van der Waals surface area contributed by atoms with E-state index in [2.05, 4.69) is 0 Å². The molecule has 1 fully saturated rings. The second-order valence-electron chi connectivity index (χ2n) is 8.00. The molecular weight excluding hydrogens is 422 g/mol. The molecule has 0 saturated carbocycles. The molecule has 7 nitrogen and oxygen atoms in total. The Hall–Kier alpha value is -2.48. The molecule has 166 valence electrons. The van der Waals surface area contributed by atoms with E-state index >= 15 is 0 Å². The molecule has 2 N–H and O–H groups in total. The summed E-state index contributed by atoms with van der Waals surface area (Å²) in [6.07, 6.45) is 6.03. The van der Waals surface area contributed by atoms with Gasteiger partial charge >= 0.3 is 5.97 Å². The van der Waals surface area contributed by atoms with Crippen molar-refractivity contribution in [1.29, 1.82) is 0 Å². The first-order valence-electron chi connectivity index (χ1n) is 10.4. The van der Waals surface area contributed by atoms with Crippen LogP contribution in [0, 0.1) is 0 Å². The Balaban J connectivity index is 1.61. The van der Waals surface area contributed by atoms with Crippen LogP contribution in [0.5, 0.6) is 11.8 Å². The van der Waals surface area contributed by atoms with Crippen LogP contribution < -0.4 is 0 Å². The topological polar surface area (TPSA) is 90.2 Å². The Morgan fingerprint density at radius 2 is 2.16 bits per heavy atom. The van der Waals surface area contributed by atoms with Crippen LogP contribution in [0.2, 0.25) is 5.02 Å². The molecule has 31 heavy (non-hydrogen) atoms. The summed E-state index contributed by atoms with van der Waals surface area (Å²) in [6, 6.07) is 5.01. The number of fused-ring (bicyclic) bond motifs is 1. The van der Waals surface area contributed by atoms with Gasteiger partial charge in [-0.25, -0.2) is 4.79 Å². The van der Waals surface area contributed by atoms with E-state index in [1.807, 2.05) is 13.0 Å². The largest absolute Gasteiger partial charge is 0.494 e. The third kappa shape index (κ3) is 3.93. The number of carbonyl (C=O) groups is 1. The van der Waals surface area contributed by atoms with E-state index in [0.29, 0.717) is 40.4 Å². The molecule has 4 rings (SSSR count). The van der Waals surface area contributed by atoms with Crippen LogP contribution >= 0.6 is 11.6 Å². The van der Waals surface area contributed by atoms with Crippen LogP contribution in [0.15, 0.2) is 24.3 Å². The average Bonchev–Trinajstić information content (AvgIpc) is 3.28. The highest BCUT2D eigenvalue weighted by Crippen LogP contribution is 2.42. The molecule has 1 saturated heterocycles. The molecule has 2 atom stereocenters. The standard InChI is InChI=1S/C23H26ClNO6/c1-3-4-11-29-22(28)23(2)13-30-21(31-23)17-12-14(9-10-18(17)24)25-19(26)15-7-5-6-8-16(15)20(25)27/h5,7,9-10,12,21,26-27H,3-4,6,8,11,13H2,1-2H3. The molecule has 1 aromatic carbocycles. The monoisotopic (exact) mass is 447 g/mol. The van der Waals surface area contributed by atoms with Crippen LogP contribution in [0.25, 0.3) is 11.8 Å². The minimum Gasteiger partial charge on any atom is -0.494 e. The van der Waals surface area contributed by atoms with Gasteiger partial charge in [0.25, 0.3) is 0 Å². The molecule has 2 unspecified atom stereocenters. The molecule has 2 aromatic rings. The highest BCUT2D eigenvalue weighted by Gasteiger charge is 2.46. The number of rotatable bonds is 6. The molecule has 0 spiro atoms. The van der Waals surface area contributed by atoms with Crippen molar-refractivity contribution in [3.8, 4) is 17.4 Å². The number of hydrogen-bond donors (Lipinski definition) is 2. The van der Waals surface area contributed by atoms with E-state index in [-0.39, 0.29) is 18.4 Å². The van der Waals surface area contributed by atoms with Crippen molar-refractivity contribution < 1.29 is 29.2 Å². The Morgan fingerprint density at radius 1 is 1.35 bits per heavy atom. The predicted octanol–water partition coefficient (Wildman–Crippen LogP) is 4.65. The Labute approximate surface area is 185 Å². The lowest BCUT2D eigenvalue weighted by Crippen LogP contribution is -2.39. The molecule has 0 bridgehead atoms. The highest BCUT2D eigenvalue weighted by atomic mass is 35.5. The van der Waals surface area contributed by atoms with Crippen LogP contribution in [0.3, 0.4) is 0 Å². The number of ether oxygens (including phenoxy) is 3. The van der Waals surface area contributed by atoms with E-state index in [1.165, 1.54) is 4.57 Å². The molecule has 2 heterocycles. The summed E-state index contributed by atoms with van der Waals surface area (Å²) in [6.45, 7) is 4.01. The lowest BCUT2D eigenvalue weighted by molar-refractivity contribution is -0.170. The zero-order valence-electron chi connectivity index (χ0n) is 17.6. The van der Waals surface area contributed by atoms with E-state index < -0.39 is 17.9 Å². The normalized spacial score (nSPS) is 22.5. The van der Waals surface area contributed by atoms with Crippen molar-refractivity contribution in [2.75, 3.05) is 13.2 Å². The molecule has 8 heteroatoms. The predicted molar refractivity (Wildman–Crippen MR) is 116 cm³/mol. The van der Waals surface area contributed by atoms with Gasteiger partial charge in [-0.15, -0.1) is 0 Å². The molecule has 1 aromatic heterocycles. The maximum atomic E-state index is 12.5. The van der Waals surface area contributed by atoms with Gasteiger partial charge in [-0.2, -0.15) is 0 Å². The van der Waals surface area contributed by atoms with Gasteiger partial charge in [0.1, 0.15) is 0 Å². The summed E-state index contributed by atoms with van der Waals surface area (Å²) in [4.78, 5) is 12.5. The maximum Gasteiger partial charge on any atom is 0.340 e. The zero-order chi connectivity index (χ0) is 22.2. The Morgan fingerprint density at radius 3 is 2.90 bits per heavy atom. The number of hydrogen-bond acceptors (Lipinski definition) is 6. The summed E-state index contributed by atoms with van der Waals surface area (Å²) in [5.41, 5.74) is 1.07. The summed E-state index contributed by atoms with van der Waals surface area (Å²) in [5, 5.41) is 21.8. The van der Waals surface area contributed by atoms with Gasteiger partial charge < -0.3 is 24.4 Å². The number of carbonyl (C=O) groups excluding carboxylic acids is 1. The van der Waals surface area contributed by atoms with Gasteiger partial charge in [-0.3, -0.25) is 4.57 Å². The zero-order valence-corrected chi connectivity index (χ0v) is 18.3. The first-order valence-corrected chi connectivity index (χ1v) is 10.8. The van der Waals surface area contributed by atoms with Crippen molar-refractivity contribution in [3.63, 3.8) is 0 Å². The second kappa shape index (κ2) is 8.57. The second-order valence-corrected chi connectivity index (χ2v) is 8.41. The fraction of sp³-hybridized carbons (Fsp3) is 0.435. The van der Waals surface area contributed by atoms with Gasteiger partial charge in [-0.1, -0.05) is 37.1 Å². The molecule has 0 amide bonds. The minimum absolute atomic E-state index is 0.0114. The maximum absolute atomic E-state index is 12.5. The van der Waals surface area contributed by atoms with E-state index in [4.69, 9.17) is 25.8 Å². The quantitative estimate of drug-likeness (QED) is 0.495. The Kier molecular flexibility index (Phi) is 6.01. The summed E-state index contributed by atoms with van der Waals surface area (Å²) >= 11 is 6.40. The fourth-order valence-corrected chi connectivity index (χ4v) is 4.02. The third-order valence-electron chi connectivity index (χ3n) is 5.64. The first kappa shape index (κ1) is 21.7. The van der Waals surface area contributed by atoms with E-state index in [0.717, 1.165) is 19.3 Å². The summed E-state index contributed by atoms with van der Waals surface area (Å²) in [5.74, 6) is -0.534. The molecular formula is C23H26ClNO6. The van der Waals surface area contributed by atoms with Gasteiger partial charge in [-0.05, 0) is 44.4 Å². The van der Waals surface area contributed by atoms with Crippen LogP contribution in [0.1, 0.15) is 56.1 Å². The minimum atomic E-state index is -1.24. The van der Waals surface area contributed by atoms with Crippen molar-refractivity contribution in [2.45, 2.75) is 51.4 Å². The summed E-state index contributed by atoms with van der Waals surface area (Å²) < 4.78 is 18.3. The van der Waals surface area contributed by atoms with Gasteiger partial charge in [0, 0.05) is 21.7 Å². The SMILES string of the molecule is CCCCOC(=O)C1(C)COC(c2cc(-n3c(O)c4c(c3O)CCC=C4)ccc2Cl)O1. The number of benzene rings is 1. The number of aromatic hydroxyl groups is 2. The number of halogens is 1. The number of allylic oxidation sites excluding steroid dienone is 1. The van der Waals surface area contributed by atoms with Crippen molar-refractivity contribution in [1.82, 2.24) is 4.57 Å². The molecule has 0 radical (unpaired) electrons. The molecule has 1 aliphatic carbocycles. The lowest BCUT2D eigenvalue weighted by Gasteiger charge is -2.21. The van der Waals surface area contributed by atoms with Crippen molar-refractivity contribution >= 4 is 23.6 Å². The number of esters is 1. The molecule has 2 aliphatic rings. The first-order chi connectivity index (χ1) is 14.9. The van der Waals surface area contributed by atoms with Gasteiger partial charge in [0.15, 0.2) is 11.9 Å². The van der Waals surface area contributed by atoms with Crippen LogP contribution in [-0.4, -0.2) is 39.6 Å². The van der Waals surface area contributed by atoms with Gasteiger partial charge in [0.2, 0.25) is 11.8 Å². The van der Waals surface area contributed by atoms with Crippen molar-refractivity contribution in [2.24, 2.45) is 0 Å². The number of unbranched alkanes of at least 4 members (excludes halogenated alkanes) is 1. The smallest absolute Gasteiger partial charge is 0.340 e. The number of nitrogens with zero attached hydrogens (tertiary/aromatic N) is 1. The Bertz CT molecular complexity index is 1030. The van der Waals surface area contributed by atoms with Crippen LogP contribution in [0.4, 0.5) is 0 Å². The molecule has 1 aliphatic heterocycles. The average molecular weight is 448 g/mol. The lowest BCUT2D eigenvalue weighted by atomic mass is 10.0. The van der Waals surface area contributed by atoms with E-state index in [1.54, 1.807) is 31.2 Å². The van der Waals surface area contributed by atoms with E-state index in [9.17, 15) is 15.0 Å².